The van der Waals surface area contributed by atoms with Crippen molar-refractivity contribution in [1.82, 2.24) is 0 Å². The number of thioether (sulfide) groups is 1. The Hall–Kier alpha value is -0.960. The minimum Gasteiger partial charge on any atom is -0.330 e. The zero-order chi connectivity index (χ0) is 13.9. The maximum Gasteiger partial charge on any atom is 0.0406 e. The molecule has 2 atom stereocenters. The van der Waals surface area contributed by atoms with Gasteiger partial charge in [-0.1, -0.05) is 41.9 Å². The lowest BCUT2D eigenvalue weighted by atomic mass is 9.92. The molecule has 0 bridgehead atoms. The van der Waals surface area contributed by atoms with Crippen molar-refractivity contribution >= 4 is 23.4 Å². The number of rotatable bonds is 4. The van der Waals surface area contributed by atoms with Crippen LogP contribution in [0, 0.1) is 0 Å². The van der Waals surface area contributed by atoms with Gasteiger partial charge in [-0.3, -0.25) is 0 Å². The topological polar surface area (TPSA) is 26.0 Å². The van der Waals surface area contributed by atoms with Gasteiger partial charge in [-0.2, -0.15) is 0 Å². The fourth-order valence-electron chi connectivity index (χ4n) is 2.81. The van der Waals surface area contributed by atoms with Gasteiger partial charge in [-0.05, 0) is 54.6 Å². The number of nitrogens with two attached hydrogens (primary N) is 1. The van der Waals surface area contributed by atoms with Gasteiger partial charge in [0.25, 0.3) is 0 Å². The van der Waals surface area contributed by atoms with E-state index in [4.69, 9.17) is 17.3 Å². The lowest BCUT2D eigenvalue weighted by Gasteiger charge is -2.19. The van der Waals surface area contributed by atoms with Crippen LogP contribution < -0.4 is 5.73 Å². The summed E-state index contributed by atoms with van der Waals surface area (Å²) in [7, 11) is 0. The van der Waals surface area contributed by atoms with Gasteiger partial charge in [0.2, 0.25) is 0 Å². The summed E-state index contributed by atoms with van der Waals surface area (Å²) in [5.41, 5.74) is 8.76. The Labute approximate surface area is 129 Å². The molecular weight excluding hydrogens is 286 g/mol. The first-order valence-electron chi connectivity index (χ1n) is 6.96. The van der Waals surface area contributed by atoms with Crippen molar-refractivity contribution in [2.24, 2.45) is 5.73 Å². The van der Waals surface area contributed by atoms with Gasteiger partial charge >= 0.3 is 0 Å². The summed E-state index contributed by atoms with van der Waals surface area (Å²) in [4.78, 5) is 1.43. The first-order chi connectivity index (χ1) is 9.76. The molecule has 2 N–H and O–H groups in total. The maximum atomic E-state index is 5.98. The van der Waals surface area contributed by atoms with Crippen LogP contribution >= 0.6 is 23.4 Å². The molecule has 0 aromatic heterocycles. The Morgan fingerprint density at radius 2 is 1.90 bits per heavy atom. The normalized spacial score (nSPS) is 18.8. The van der Waals surface area contributed by atoms with Gasteiger partial charge in [-0.15, -0.1) is 11.8 Å². The van der Waals surface area contributed by atoms with Crippen molar-refractivity contribution in [2.75, 3.05) is 6.54 Å². The molecule has 1 heterocycles. The Balaban J connectivity index is 1.69. The first-order valence-corrected chi connectivity index (χ1v) is 8.22. The highest BCUT2D eigenvalue weighted by atomic mass is 35.5. The van der Waals surface area contributed by atoms with Crippen LogP contribution in [0.4, 0.5) is 0 Å². The van der Waals surface area contributed by atoms with Gasteiger partial charge in [0, 0.05) is 15.2 Å². The Bertz CT molecular complexity index is 557. The predicted molar refractivity (Wildman–Crippen MR) is 87.7 cm³/mol. The monoisotopic (exact) mass is 303 g/mol. The molecule has 3 heteroatoms. The summed E-state index contributed by atoms with van der Waals surface area (Å²) in [6, 6.07) is 16.8. The van der Waals surface area contributed by atoms with Gasteiger partial charge < -0.3 is 5.73 Å². The number of hydrogen-bond donors (Lipinski definition) is 1. The van der Waals surface area contributed by atoms with Gasteiger partial charge in [0.05, 0.1) is 0 Å². The van der Waals surface area contributed by atoms with E-state index in [0.717, 1.165) is 17.9 Å². The van der Waals surface area contributed by atoms with Crippen LogP contribution in [0.2, 0.25) is 5.02 Å². The number of benzene rings is 2. The molecule has 2 aromatic carbocycles. The molecule has 0 saturated heterocycles. The minimum absolute atomic E-state index is 0.416. The van der Waals surface area contributed by atoms with Crippen LogP contribution in [0.5, 0.6) is 0 Å². The average Bonchev–Trinajstić information content (AvgIpc) is 2.88. The number of halogens is 1. The third-order valence-corrected chi connectivity index (χ3v) is 5.48. The largest absolute Gasteiger partial charge is 0.330 e. The van der Waals surface area contributed by atoms with E-state index in [-0.39, 0.29) is 0 Å². The van der Waals surface area contributed by atoms with Crippen LogP contribution in [-0.4, -0.2) is 11.8 Å². The van der Waals surface area contributed by atoms with E-state index in [1.54, 1.807) is 0 Å². The van der Waals surface area contributed by atoms with E-state index in [0.29, 0.717) is 17.7 Å². The summed E-state index contributed by atoms with van der Waals surface area (Å²) in [6.07, 6.45) is 2.28. The molecule has 1 aliphatic rings. The summed E-state index contributed by atoms with van der Waals surface area (Å²) >= 11 is 7.95. The Kier molecular flexibility index (Phi) is 4.35. The predicted octanol–water partition coefficient (Wildman–Crippen LogP) is 4.49. The second-order valence-electron chi connectivity index (χ2n) is 5.27. The van der Waals surface area contributed by atoms with Crippen molar-refractivity contribution in [3.63, 3.8) is 0 Å². The van der Waals surface area contributed by atoms with Crippen molar-refractivity contribution in [2.45, 2.75) is 28.9 Å². The molecular formula is C17H18ClNS. The Morgan fingerprint density at radius 1 is 1.15 bits per heavy atom. The molecule has 20 heavy (non-hydrogen) atoms. The van der Waals surface area contributed by atoms with Crippen molar-refractivity contribution < 1.29 is 0 Å². The summed E-state index contributed by atoms with van der Waals surface area (Å²) in [5, 5.41) is 1.42. The summed E-state index contributed by atoms with van der Waals surface area (Å²) < 4.78 is 0. The van der Waals surface area contributed by atoms with Crippen LogP contribution in [-0.2, 0) is 6.42 Å². The molecule has 3 rings (SSSR count). The smallest absolute Gasteiger partial charge is 0.0406 e. The van der Waals surface area contributed by atoms with E-state index >= 15 is 0 Å². The highest BCUT2D eigenvalue weighted by Crippen LogP contribution is 2.40. The zero-order valence-corrected chi connectivity index (χ0v) is 12.8. The second-order valence-corrected chi connectivity index (χ2v) is 7.05. The molecule has 104 valence electrons. The molecule has 0 amide bonds. The third kappa shape index (κ3) is 3.03. The number of hydrogen-bond acceptors (Lipinski definition) is 2. The van der Waals surface area contributed by atoms with E-state index in [2.05, 4.69) is 36.4 Å². The quantitative estimate of drug-likeness (QED) is 0.900. The molecule has 0 fully saturated rings. The fraction of sp³-hybridized carbons (Fsp3) is 0.294. The summed E-state index contributed by atoms with van der Waals surface area (Å²) in [6.45, 7) is 0.690. The van der Waals surface area contributed by atoms with E-state index < -0.39 is 0 Å². The molecule has 2 aromatic rings. The van der Waals surface area contributed by atoms with Gasteiger partial charge in [-0.25, -0.2) is 0 Å². The van der Waals surface area contributed by atoms with Gasteiger partial charge in [0.15, 0.2) is 0 Å². The minimum atomic E-state index is 0.416. The average molecular weight is 304 g/mol. The van der Waals surface area contributed by atoms with E-state index in [1.807, 2.05) is 23.9 Å². The van der Waals surface area contributed by atoms with E-state index in [1.165, 1.54) is 16.0 Å². The maximum absolute atomic E-state index is 5.98. The van der Waals surface area contributed by atoms with Crippen LogP contribution in [0.3, 0.4) is 0 Å². The molecule has 1 nitrogen and oxygen atoms in total. The highest BCUT2D eigenvalue weighted by Gasteiger charge is 2.25. The molecule has 0 aliphatic carbocycles. The van der Waals surface area contributed by atoms with Crippen LogP contribution in [0.1, 0.15) is 23.5 Å². The van der Waals surface area contributed by atoms with E-state index in [9.17, 15) is 0 Å². The van der Waals surface area contributed by atoms with Crippen molar-refractivity contribution in [3.8, 4) is 0 Å². The standard InChI is InChI=1S/C17H18ClNS/c18-15-7-5-12(6-8-15)14(11-19)10-16-9-13-3-1-2-4-17(13)20-16/h1-8,14,16H,9-11,19H2. The fourth-order valence-corrected chi connectivity index (χ4v) is 4.34. The van der Waals surface area contributed by atoms with Crippen molar-refractivity contribution in [1.29, 1.82) is 0 Å². The highest BCUT2D eigenvalue weighted by molar-refractivity contribution is 8.00. The number of fused-ring (bicyclic) bond motifs is 1. The molecule has 0 saturated carbocycles. The van der Waals surface area contributed by atoms with Crippen molar-refractivity contribution in [3.05, 3.63) is 64.7 Å². The molecule has 2 unspecified atom stereocenters. The van der Waals surface area contributed by atoms with Crippen LogP contribution in [0.15, 0.2) is 53.4 Å². The lowest BCUT2D eigenvalue weighted by molar-refractivity contribution is 0.614. The Morgan fingerprint density at radius 3 is 2.60 bits per heavy atom. The molecule has 0 spiro atoms. The summed E-state index contributed by atoms with van der Waals surface area (Å²) in [5.74, 6) is 0.416. The molecule has 1 aliphatic heterocycles. The van der Waals surface area contributed by atoms with Crippen LogP contribution in [0.25, 0.3) is 0 Å². The zero-order valence-electron chi connectivity index (χ0n) is 11.3. The third-order valence-electron chi connectivity index (χ3n) is 3.89. The van der Waals surface area contributed by atoms with Gasteiger partial charge in [0.1, 0.15) is 0 Å². The molecule has 0 radical (unpaired) electrons. The lowest BCUT2D eigenvalue weighted by Crippen LogP contribution is -2.17. The first kappa shape index (κ1) is 14.0. The second kappa shape index (κ2) is 6.21. The SMILES string of the molecule is NCC(CC1Cc2ccccc2S1)c1ccc(Cl)cc1.